The lowest BCUT2D eigenvalue weighted by Crippen LogP contribution is -2.01. The van der Waals surface area contributed by atoms with Crippen molar-refractivity contribution in [2.24, 2.45) is 0 Å². The number of aromatic nitrogens is 2. The second kappa shape index (κ2) is 9.07. The molecule has 0 radical (unpaired) electrons. The molecular formula is C35H26N2. The third kappa shape index (κ3) is 3.61. The highest BCUT2D eigenvalue weighted by atomic mass is 15.1. The predicted molar refractivity (Wildman–Crippen MR) is 156 cm³/mol. The molecule has 0 amide bonds. The van der Waals surface area contributed by atoms with E-state index in [1.165, 1.54) is 33.0 Å². The van der Waals surface area contributed by atoms with Gasteiger partial charge in [-0.2, -0.15) is 0 Å². The van der Waals surface area contributed by atoms with Crippen LogP contribution in [-0.4, -0.2) is 9.55 Å². The van der Waals surface area contributed by atoms with Crippen LogP contribution in [0.15, 0.2) is 133 Å². The second-order valence-electron chi connectivity index (χ2n) is 9.47. The topological polar surface area (TPSA) is 17.8 Å². The lowest BCUT2D eigenvalue weighted by atomic mass is 9.88. The highest BCUT2D eigenvalue weighted by Crippen LogP contribution is 2.44. The number of hydrogen-bond donors (Lipinski definition) is 0. The molecule has 0 N–H and O–H groups in total. The van der Waals surface area contributed by atoms with Crippen LogP contribution in [0.1, 0.15) is 18.4 Å². The first kappa shape index (κ1) is 21.6. The van der Waals surface area contributed by atoms with Crippen molar-refractivity contribution in [3.8, 4) is 28.2 Å². The average molecular weight is 475 g/mol. The van der Waals surface area contributed by atoms with Crippen LogP contribution in [0.3, 0.4) is 0 Å². The van der Waals surface area contributed by atoms with Gasteiger partial charge in [0.1, 0.15) is 5.82 Å². The summed E-state index contributed by atoms with van der Waals surface area (Å²) in [5, 5.41) is 2.48. The van der Waals surface area contributed by atoms with Crippen molar-refractivity contribution in [3.05, 3.63) is 139 Å². The van der Waals surface area contributed by atoms with E-state index in [-0.39, 0.29) is 0 Å². The molecule has 1 aliphatic rings. The summed E-state index contributed by atoms with van der Waals surface area (Å²) in [7, 11) is 0. The molecule has 2 nitrogen and oxygen atoms in total. The van der Waals surface area contributed by atoms with E-state index in [0.717, 1.165) is 41.0 Å². The van der Waals surface area contributed by atoms with Crippen molar-refractivity contribution in [2.75, 3.05) is 0 Å². The Bertz CT molecular complexity index is 1790. The zero-order valence-electron chi connectivity index (χ0n) is 20.5. The zero-order valence-corrected chi connectivity index (χ0v) is 20.5. The van der Waals surface area contributed by atoms with Crippen LogP contribution in [0.4, 0.5) is 0 Å². The molecule has 0 unspecified atom stereocenters. The summed E-state index contributed by atoms with van der Waals surface area (Å²) in [6.45, 7) is 0. The molecule has 0 atom stereocenters. The summed E-state index contributed by atoms with van der Waals surface area (Å²) in [6.07, 6.45) is 9.10. The Morgan fingerprint density at radius 3 is 1.81 bits per heavy atom. The fourth-order valence-corrected chi connectivity index (χ4v) is 5.60. The smallest absolute Gasteiger partial charge is 0.145 e. The number of para-hydroxylation sites is 1. The van der Waals surface area contributed by atoms with Gasteiger partial charge in [0.25, 0.3) is 0 Å². The Kier molecular flexibility index (Phi) is 5.29. The maximum atomic E-state index is 5.45. The van der Waals surface area contributed by atoms with E-state index in [4.69, 9.17) is 4.98 Å². The van der Waals surface area contributed by atoms with E-state index >= 15 is 0 Å². The molecule has 37 heavy (non-hydrogen) atoms. The summed E-state index contributed by atoms with van der Waals surface area (Å²) in [5.41, 5.74) is 9.28. The van der Waals surface area contributed by atoms with Gasteiger partial charge < -0.3 is 0 Å². The molecule has 7 rings (SSSR count). The molecule has 5 aromatic carbocycles. The van der Waals surface area contributed by atoms with Gasteiger partial charge in [0.05, 0.1) is 11.0 Å². The zero-order chi connectivity index (χ0) is 24.6. The van der Waals surface area contributed by atoms with E-state index in [1.807, 2.05) is 0 Å². The number of imidazole rings is 1. The van der Waals surface area contributed by atoms with E-state index in [0.29, 0.717) is 0 Å². The number of benzene rings is 5. The van der Waals surface area contributed by atoms with Crippen molar-refractivity contribution in [1.82, 2.24) is 9.55 Å². The van der Waals surface area contributed by atoms with Crippen LogP contribution < -0.4 is 0 Å². The van der Waals surface area contributed by atoms with Crippen molar-refractivity contribution >= 4 is 27.4 Å². The summed E-state index contributed by atoms with van der Waals surface area (Å²) >= 11 is 0. The summed E-state index contributed by atoms with van der Waals surface area (Å²) in [5.74, 6) is 0.955. The number of nitrogens with zero attached hydrogens (tertiary/aromatic N) is 2. The van der Waals surface area contributed by atoms with Crippen LogP contribution in [0.5, 0.6) is 0 Å². The van der Waals surface area contributed by atoms with Crippen LogP contribution in [-0.2, 0) is 0 Å². The van der Waals surface area contributed by atoms with Crippen molar-refractivity contribution in [3.63, 3.8) is 0 Å². The largest absolute Gasteiger partial charge is 0.292 e. The molecule has 0 aliphatic heterocycles. The lowest BCUT2D eigenvalue weighted by molar-refractivity contribution is 1.04. The third-order valence-corrected chi connectivity index (χ3v) is 7.21. The molecule has 1 aromatic heterocycles. The fourth-order valence-electron chi connectivity index (χ4n) is 5.60. The molecule has 1 aliphatic carbocycles. The van der Waals surface area contributed by atoms with E-state index < -0.39 is 0 Å². The Balaban J connectivity index is 1.74. The Hall–Kier alpha value is -4.69. The van der Waals surface area contributed by atoms with E-state index in [9.17, 15) is 0 Å². The SMILES string of the molecule is C1=CC(c2c3ccccc3c(-c3ccccc3)c3nc(-c4ccccc4)n(-c4ccccc4)c23)=CCC1. The van der Waals surface area contributed by atoms with Gasteiger partial charge >= 0.3 is 0 Å². The Morgan fingerprint density at radius 1 is 0.568 bits per heavy atom. The van der Waals surface area contributed by atoms with Crippen LogP contribution in [0.25, 0.3) is 55.6 Å². The van der Waals surface area contributed by atoms with Crippen molar-refractivity contribution < 1.29 is 0 Å². The van der Waals surface area contributed by atoms with Gasteiger partial charge in [-0.1, -0.05) is 121 Å². The van der Waals surface area contributed by atoms with Gasteiger partial charge in [-0.25, -0.2) is 4.98 Å². The first-order valence-electron chi connectivity index (χ1n) is 12.9. The van der Waals surface area contributed by atoms with Gasteiger partial charge in [-0.05, 0) is 46.9 Å². The minimum atomic E-state index is 0.955. The predicted octanol–water partition coefficient (Wildman–Crippen LogP) is 9.25. The van der Waals surface area contributed by atoms with E-state index in [2.05, 4.69) is 138 Å². The number of hydrogen-bond acceptors (Lipinski definition) is 1. The molecule has 6 aromatic rings. The normalized spacial score (nSPS) is 13.2. The first-order chi connectivity index (χ1) is 18.4. The molecule has 0 bridgehead atoms. The van der Waals surface area contributed by atoms with E-state index in [1.54, 1.807) is 0 Å². The van der Waals surface area contributed by atoms with Gasteiger partial charge in [0, 0.05) is 22.4 Å². The molecule has 0 fully saturated rings. The standard InChI is InChI=1S/C35H26N2/c1-5-15-25(16-6-1)31-29-23-13-14-24-30(29)32(26-17-7-2-8-18-26)34-33(31)36-35(27-19-9-3-10-20-27)37(34)28-21-11-4-12-22-28/h1,3-7,9-24H,2,8H2. The average Bonchev–Trinajstić information content (AvgIpc) is 3.37. The second-order valence-corrected chi connectivity index (χ2v) is 9.47. The summed E-state index contributed by atoms with van der Waals surface area (Å²) in [4.78, 5) is 5.45. The Morgan fingerprint density at radius 2 is 1.16 bits per heavy atom. The molecule has 1 heterocycles. The van der Waals surface area contributed by atoms with Crippen molar-refractivity contribution in [1.29, 1.82) is 0 Å². The highest BCUT2D eigenvalue weighted by Gasteiger charge is 2.25. The molecular weight excluding hydrogens is 448 g/mol. The van der Waals surface area contributed by atoms with Gasteiger partial charge in [-0.15, -0.1) is 0 Å². The highest BCUT2D eigenvalue weighted by molar-refractivity contribution is 6.18. The maximum Gasteiger partial charge on any atom is 0.145 e. The maximum absolute atomic E-state index is 5.45. The Labute approximate surface area is 216 Å². The van der Waals surface area contributed by atoms with Crippen LogP contribution >= 0.6 is 0 Å². The summed E-state index contributed by atoms with van der Waals surface area (Å²) < 4.78 is 2.36. The lowest BCUT2D eigenvalue weighted by Gasteiger charge is -2.18. The van der Waals surface area contributed by atoms with Crippen LogP contribution in [0, 0.1) is 0 Å². The quantitative estimate of drug-likeness (QED) is 0.249. The number of fused-ring (bicyclic) bond motifs is 2. The third-order valence-electron chi connectivity index (χ3n) is 7.21. The first-order valence-corrected chi connectivity index (χ1v) is 12.9. The van der Waals surface area contributed by atoms with Crippen molar-refractivity contribution in [2.45, 2.75) is 12.8 Å². The molecule has 0 saturated carbocycles. The van der Waals surface area contributed by atoms with Crippen LogP contribution in [0.2, 0.25) is 0 Å². The number of allylic oxidation sites excluding steroid dienone is 4. The van der Waals surface area contributed by atoms with Gasteiger partial charge in [-0.3, -0.25) is 4.57 Å². The fraction of sp³-hybridized carbons (Fsp3) is 0.0571. The van der Waals surface area contributed by atoms with Gasteiger partial charge in [0.2, 0.25) is 0 Å². The number of rotatable bonds is 4. The summed E-state index contributed by atoms with van der Waals surface area (Å²) in [6, 6.07) is 40.7. The minimum absolute atomic E-state index is 0.955. The monoisotopic (exact) mass is 474 g/mol. The molecule has 176 valence electrons. The molecule has 0 spiro atoms. The van der Waals surface area contributed by atoms with Gasteiger partial charge in [0.15, 0.2) is 0 Å². The minimum Gasteiger partial charge on any atom is -0.292 e. The molecule has 0 saturated heterocycles. The molecule has 2 heteroatoms.